The van der Waals surface area contributed by atoms with E-state index in [0.717, 1.165) is 16.7 Å². The maximum atomic E-state index is 12.9. The number of carbonyl (C=O) groups excluding carboxylic acids is 1. The monoisotopic (exact) mass is 577 g/mol. The maximum Gasteiger partial charge on any atom is 0.303 e. The van der Waals surface area contributed by atoms with E-state index in [1.54, 1.807) is 24.4 Å². The Morgan fingerprint density at radius 3 is 2.38 bits per heavy atom. The number of ether oxygens (including phenoxy) is 1. The molecule has 1 amide bonds. The van der Waals surface area contributed by atoms with Gasteiger partial charge in [-0.25, -0.2) is 4.98 Å². The van der Waals surface area contributed by atoms with Crippen LogP contribution in [0.15, 0.2) is 72.9 Å². The first kappa shape index (κ1) is 28.9. The van der Waals surface area contributed by atoms with Gasteiger partial charge in [-0.05, 0) is 65.9 Å². The van der Waals surface area contributed by atoms with Crippen molar-refractivity contribution in [1.82, 2.24) is 15.3 Å². The van der Waals surface area contributed by atoms with E-state index in [2.05, 4.69) is 15.3 Å². The fraction of sp³-hybridized carbons (Fsp3) is 0.194. The summed E-state index contributed by atoms with van der Waals surface area (Å²) in [7, 11) is 0. The number of aliphatic carboxylic acids is 1. The van der Waals surface area contributed by atoms with E-state index in [9.17, 15) is 9.59 Å². The van der Waals surface area contributed by atoms with Crippen molar-refractivity contribution in [3.05, 3.63) is 106 Å². The van der Waals surface area contributed by atoms with Crippen molar-refractivity contribution in [2.24, 2.45) is 0 Å². The molecule has 0 radical (unpaired) electrons. The zero-order chi connectivity index (χ0) is 28.5. The van der Waals surface area contributed by atoms with Gasteiger partial charge >= 0.3 is 5.97 Å². The summed E-state index contributed by atoms with van der Waals surface area (Å²) in [6, 6.07) is 20.9. The Morgan fingerprint density at radius 2 is 1.73 bits per heavy atom. The number of amides is 1. The Balaban J connectivity index is 1.42. The quantitative estimate of drug-likeness (QED) is 0.156. The van der Waals surface area contributed by atoms with Gasteiger partial charge in [0.05, 0.1) is 12.3 Å². The van der Waals surface area contributed by atoms with Gasteiger partial charge in [-0.3, -0.25) is 9.59 Å². The molecule has 206 valence electrons. The minimum Gasteiger partial charge on any atom is -0.494 e. The zero-order valence-corrected chi connectivity index (χ0v) is 23.4. The standard InChI is InChI=1S/C31H29Cl2N3O4/c1-2-34-31(39)30(25-15-12-23(32)18-26(25)33)27-19-35-28(36-27)16-7-20-5-8-21(9-6-20)22-10-13-24(14-11-22)40-17-3-4-29(37)38/h5-16,18-19,30H,2-4,17H2,1H3,(H,34,39)(H,35,36)(H,37,38)/b16-7+. The van der Waals surface area contributed by atoms with Gasteiger partial charge in [-0.2, -0.15) is 0 Å². The third kappa shape index (κ3) is 7.74. The Hall–Kier alpha value is -4.07. The van der Waals surface area contributed by atoms with Crippen LogP contribution in [-0.2, 0) is 9.59 Å². The Labute approximate surface area is 242 Å². The van der Waals surface area contributed by atoms with Crippen LogP contribution in [0.4, 0.5) is 0 Å². The number of aromatic nitrogens is 2. The van der Waals surface area contributed by atoms with E-state index < -0.39 is 11.9 Å². The molecule has 1 heterocycles. The van der Waals surface area contributed by atoms with E-state index in [4.69, 9.17) is 33.0 Å². The van der Waals surface area contributed by atoms with E-state index in [1.165, 1.54) is 0 Å². The molecule has 0 saturated heterocycles. The number of hydrogen-bond acceptors (Lipinski definition) is 4. The molecule has 3 N–H and O–H groups in total. The molecule has 4 rings (SSSR count). The average Bonchev–Trinajstić information content (AvgIpc) is 3.40. The molecule has 0 aliphatic carbocycles. The average molecular weight is 578 g/mol. The van der Waals surface area contributed by atoms with Crippen molar-refractivity contribution in [1.29, 1.82) is 0 Å². The topological polar surface area (TPSA) is 104 Å². The SMILES string of the molecule is CCNC(=O)C(c1c[nH]c(/C=C/c2ccc(-c3ccc(OCCCC(=O)O)cc3)cc2)n1)c1ccc(Cl)cc1Cl. The first-order valence-corrected chi connectivity index (χ1v) is 13.6. The molecule has 1 unspecified atom stereocenters. The second kappa shape index (κ2) is 13.8. The number of nitrogens with zero attached hydrogens (tertiary/aromatic N) is 1. The number of nitrogens with one attached hydrogen (secondary N) is 2. The predicted molar refractivity (Wildman–Crippen MR) is 159 cm³/mol. The minimum absolute atomic E-state index is 0.0921. The van der Waals surface area contributed by atoms with Crippen LogP contribution in [0.2, 0.25) is 10.0 Å². The molecule has 0 aliphatic heterocycles. The number of likely N-dealkylation sites (N-methyl/N-ethyl adjacent to an activating group) is 1. The van der Waals surface area contributed by atoms with E-state index >= 15 is 0 Å². The van der Waals surface area contributed by atoms with Gasteiger partial charge in [0.15, 0.2) is 0 Å². The lowest BCUT2D eigenvalue weighted by atomic mass is 9.95. The highest BCUT2D eigenvalue weighted by Crippen LogP contribution is 2.32. The van der Waals surface area contributed by atoms with Crippen LogP contribution in [0, 0.1) is 0 Å². The summed E-state index contributed by atoms with van der Waals surface area (Å²) < 4.78 is 5.60. The summed E-state index contributed by atoms with van der Waals surface area (Å²) in [5, 5.41) is 12.5. The van der Waals surface area contributed by atoms with Crippen LogP contribution in [0.1, 0.15) is 48.3 Å². The van der Waals surface area contributed by atoms with E-state index in [1.807, 2.05) is 67.6 Å². The zero-order valence-electron chi connectivity index (χ0n) is 21.9. The smallest absolute Gasteiger partial charge is 0.303 e. The van der Waals surface area contributed by atoms with Gasteiger partial charge in [-0.15, -0.1) is 0 Å². The minimum atomic E-state index is -0.823. The van der Waals surface area contributed by atoms with Gasteiger partial charge < -0.3 is 20.1 Å². The van der Waals surface area contributed by atoms with Crippen molar-refractivity contribution >= 4 is 47.2 Å². The van der Waals surface area contributed by atoms with Crippen LogP contribution in [0.25, 0.3) is 23.3 Å². The normalized spacial score (nSPS) is 11.9. The number of benzene rings is 3. The fourth-order valence-electron chi connectivity index (χ4n) is 4.15. The van der Waals surface area contributed by atoms with Gasteiger partial charge in [0, 0.05) is 29.2 Å². The molecule has 9 heteroatoms. The van der Waals surface area contributed by atoms with Crippen molar-refractivity contribution < 1.29 is 19.4 Å². The van der Waals surface area contributed by atoms with Gasteiger partial charge in [-0.1, -0.05) is 71.7 Å². The molecule has 40 heavy (non-hydrogen) atoms. The number of imidazole rings is 1. The molecular formula is C31H29Cl2N3O4. The fourth-order valence-corrected chi connectivity index (χ4v) is 4.67. The molecule has 0 fully saturated rings. The molecule has 1 atom stereocenters. The highest BCUT2D eigenvalue weighted by Gasteiger charge is 2.27. The van der Waals surface area contributed by atoms with Gasteiger partial charge in [0.1, 0.15) is 17.5 Å². The van der Waals surface area contributed by atoms with Crippen LogP contribution < -0.4 is 10.1 Å². The summed E-state index contributed by atoms with van der Waals surface area (Å²) in [5.41, 5.74) is 4.27. The lowest BCUT2D eigenvalue weighted by Crippen LogP contribution is -2.30. The largest absolute Gasteiger partial charge is 0.494 e. The summed E-state index contributed by atoms with van der Waals surface area (Å²) in [5.74, 6) is -0.376. The molecule has 1 aromatic heterocycles. The summed E-state index contributed by atoms with van der Waals surface area (Å²) in [6.45, 7) is 2.71. The highest BCUT2D eigenvalue weighted by atomic mass is 35.5. The lowest BCUT2D eigenvalue weighted by Gasteiger charge is -2.16. The summed E-state index contributed by atoms with van der Waals surface area (Å²) in [4.78, 5) is 31.3. The van der Waals surface area contributed by atoms with Gasteiger partial charge in [0.2, 0.25) is 5.91 Å². The lowest BCUT2D eigenvalue weighted by molar-refractivity contribution is -0.137. The van der Waals surface area contributed by atoms with Crippen molar-refractivity contribution in [2.75, 3.05) is 13.2 Å². The van der Waals surface area contributed by atoms with Crippen molar-refractivity contribution in [3.8, 4) is 16.9 Å². The van der Waals surface area contributed by atoms with Crippen LogP contribution in [-0.4, -0.2) is 40.1 Å². The number of carboxylic acid groups (broad SMARTS) is 1. The Kier molecular flexibility index (Phi) is 10.00. The van der Waals surface area contributed by atoms with Crippen LogP contribution in [0.3, 0.4) is 0 Å². The van der Waals surface area contributed by atoms with E-state index in [0.29, 0.717) is 52.4 Å². The number of carboxylic acids is 1. The number of halogens is 2. The molecule has 3 aromatic carbocycles. The third-order valence-electron chi connectivity index (χ3n) is 6.14. The number of rotatable bonds is 12. The summed E-state index contributed by atoms with van der Waals surface area (Å²) in [6.07, 6.45) is 6.07. The van der Waals surface area contributed by atoms with Gasteiger partial charge in [0.25, 0.3) is 0 Å². The summed E-state index contributed by atoms with van der Waals surface area (Å²) >= 11 is 12.5. The first-order chi connectivity index (χ1) is 19.3. The van der Waals surface area contributed by atoms with Crippen LogP contribution in [0.5, 0.6) is 5.75 Å². The number of aromatic amines is 1. The molecule has 4 aromatic rings. The molecule has 0 saturated carbocycles. The molecule has 0 aliphatic rings. The number of carbonyl (C=O) groups is 2. The molecule has 0 bridgehead atoms. The highest BCUT2D eigenvalue weighted by molar-refractivity contribution is 6.35. The Morgan fingerprint density at radius 1 is 1.02 bits per heavy atom. The second-order valence-corrected chi connectivity index (χ2v) is 9.87. The second-order valence-electron chi connectivity index (χ2n) is 9.03. The van der Waals surface area contributed by atoms with Crippen molar-refractivity contribution in [2.45, 2.75) is 25.7 Å². The van der Waals surface area contributed by atoms with Crippen molar-refractivity contribution in [3.63, 3.8) is 0 Å². The maximum absolute atomic E-state index is 12.9. The Bertz CT molecular complexity index is 1480. The number of H-pyrrole nitrogens is 1. The first-order valence-electron chi connectivity index (χ1n) is 12.8. The predicted octanol–water partition coefficient (Wildman–Crippen LogP) is 7.07. The number of hydrogen-bond donors (Lipinski definition) is 3. The molecular weight excluding hydrogens is 549 g/mol. The third-order valence-corrected chi connectivity index (χ3v) is 6.70. The molecule has 0 spiro atoms. The van der Waals surface area contributed by atoms with E-state index in [-0.39, 0.29) is 12.3 Å². The van der Waals surface area contributed by atoms with Crippen LogP contribution >= 0.6 is 23.2 Å². The molecule has 7 nitrogen and oxygen atoms in total.